The van der Waals surface area contributed by atoms with Gasteiger partial charge in [0.1, 0.15) is 11.4 Å². The summed E-state index contributed by atoms with van der Waals surface area (Å²) in [7, 11) is 0. The van der Waals surface area contributed by atoms with E-state index in [2.05, 4.69) is 0 Å². The topological polar surface area (TPSA) is 80.4 Å². The number of benzene rings is 1. The van der Waals surface area contributed by atoms with E-state index in [1.807, 2.05) is 13.8 Å². The van der Waals surface area contributed by atoms with Crippen LogP contribution in [0.15, 0.2) is 17.0 Å². The molecule has 0 aliphatic heterocycles. The first-order valence-corrected chi connectivity index (χ1v) is 6.15. The lowest BCUT2D eigenvalue weighted by Gasteiger charge is -2.07. The van der Waals surface area contributed by atoms with Gasteiger partial charge in [-0.25, -0.2) is 9.18 Å². The fourth-order valence-corrected chi connectivity index (χ4v) is 2.14. The summed E-state index contributed by atoms with van der Waals surface area (Å²) in [6, 6.07) is 1.68. The minimum atomic E-state index is -1.44. The van der Waals surface area contributed by atoms with Crippen LogP contribution >= 0.6 is 11.8 Å². The van der Waals surface area contributed by atoms with E-state index in [4.69, 9.17) is 5.11 Å². The van der Waals surface area contributed by atoms with Crippen LogP contribution in [-0.2, 0) is 0 Å². The normalized spacial score (nSPS) is 10.7. The molecule has 0 aliphatic carbocycles. The summed E-state index contributed by atoms with van der Waals surface area (Å²) in [4.78, 5) is 20.7. The first-order chi connectivity index (χ1) is 8.32. The standard InChI is InChI=1S/C11H12FNO4S/c1-6(2)5-18-10-3-7(11(14)15)9(13(16)17)4-8(10)12/h3-4,6H,5H2,1-2H3,(H,14,15). The van der Waals surface area contributed by atoms with Gasteiger partial charge in [-0.05, 0) is 12.0 Å². The molecule has 7 heteroatoms. The highest BCUT2D eigenvalue weighted by atomic mass is 32.2. The molecule has 0 amide bonds. The Bertz CT molecular complexity index is 490. The molecular weight excluding hydrogens is 261 g/mol. The van der Waals surface area contributed by atoms with Gasteiger partial charge < -0.3 is 5.11 Å². The Morgan fingerprint density at radius 2 is 2.17 bits per heavy atom. The van der Waals surface area contributed by atoms with E-state index in [1.54, 1.807) is 0 Å². The number of carboxylic acids is 1. The number of carboxylic acid groups (broad SMARTS) is 1. The fourth-order valence-electron chi connectivity index (χ4n) is 1.23. The molecule has 0 aromatic heterocycles. The molecule has 98 valence electrons. The highest BCUT2D eigenvalue weighted by molar-refractivity contribution is 7.99. The number of nitrogens with zero attached hydrogens (tertiary/aromatic N) is 1. The zero-order valence-electron chi connectivity index (χ0n) is 9.84. The Hall–Kier alpha value is -1.63. The quantitative estimate of drug-likeness (QED) is 0.506. The predicted octanol–water partition coefficient (Wildman–Crippen LogP) is 3.18. The number of carbonyl (C=O) groups is 1. The van der Waals surface area contributed by atoms with Crippen LogP contribution in [0, 0.1) is 21.8 Å². The maximum absolute atomic E-state index is 13.6. The second-order valence-electron chi connectivity index (χ2n) is 4.07. The number of rotatable bonds is 5. The molecule has 0 atom stereocenters. The Morgan fingerprint density at radius 3 is 2.61 bits per heavy atom. The molecule has 1 aromatic carbocycles. The number of hydrogen-bond donors (Lipinski definition) is 1. The van der Waals surface area contributed by atoms with Crippen LogP contribution in [0.5, 0.6) is 0 Å². The Balaban J connectivity index is 3.19. The van der Waals surface area contributed by atoms with Crippen molar-refractivity contribution in [2.75, 3.05) is 5.75 Å². The fraction of sp³-hybridized carbons (Fsp3) is 0.364. The third-order valence-electron chi connectivity index (χ3n) is 2.05. The molecule has 1 aromatic rings. The largest absolute Gasteiger partial charge is 0.477 e. The zero-order chi connectivity index (χ0) is 13.9. The van der Waals surface area contributed by atoms with Crippen molar-refractivity contribution in [1.82, 2.24) is 0 Å². The highest BCUT2D eigenvalue weighted by Gasteiger charge is 2.23. The van der Waals surface area contributed by atoms with E-state index >= 15 is 0 Å². The van der Waals surface area contributed by atoms with Crippen molar-refractivity contribution >= 4 is 23.4 Å². The van der Waals surface area contributed by atoms with Crippen LogP contribution in [0.3, 0.4) is 0 Å². The van der Waals surface area contributed by atoms with Gasteiger partial charge in [-0.3, -0.25) is 10.1 Å². The van der Waals surface area contributed by atoms with Gasteiger partial charge in [-0.15, -0.1) is 11.8 Å². The van der Waals surface area contributed by atoms with Crippen molar-refractivity contribution in [3.8, 4) is 0 Å². The Kier molecular flexibility index (Phi) is 4.66. The van der Waals surface area contributed by atoms with Crippen molar-refractivity contribution < 1.29 is 19.2 Å². The number of thioether (sulfide) groups is 1. The van der Waals surface area contributed by atoms with E-state index in [-0.39, 0.29) is 4.90 Å². The summed E-state index contributed by atoms with van der Waals surface area (Å²) < 4.78 is 13.6. The molecule has 0 spiro atoms. The van der Waals surface area contributed by atoms with Gasteiger partial charge in [-0.2, -0.15) is 0 Å². The Morgan fingerprint density at radius 1 is 1.56 bits per heavy atom. The minimum Gasteiger partial charge on any atom is -0.477 e. The first kappa shape index (κ1) is 14.4. The second kappa shape index (κ2) is 5.81. The number of aromatic carboxylic acids is 1. The van der Waals surface area contributed by atoms with Crippen LogP contribution in [0.25, 0.3) is 0 Å². The smallest absolute Gasteiger partial charge is 0.342 e. The summed E-state index contributed by atoms with van der Waals surface area (Å²) >= 11 is 1.15. The van der Waals surface area contributed by atoms with Gasteiger partial charge in [0, 0.05) is 10.6 Å². The number of nitro groups is 1. The van der Waals surface area contributed by atoms with Crippen molar-refractivity contribution in [3.63, 3.8) is 0 Å². The number of hydrogen-bond acceptors (Lipinski definition) is 4. The first-order valence-electron chi connectivity index (χ1n) is 5.17. The average Bonchev–Trinajstić information content (AvgIpc) is 2.26. The summed E-state index contributed by atoms with van der Waals surface area (Å²) in [5, 5.41) is 19.5. The van der Waals surface area contributed by atoms with E-state index < -0.39 is 28.0 Å². The predicted molar refractivity (Wildman–Crippen MR) is 65.6 cm³/mol. The van der Waals surface area contributed by atoms with Crippen molar-refractivity contribution in [1.29, 1.82) is 0 Å². The maximum atomic E-state index is 13.6. The molecule has 1 rings (SSSR count). The van der Waals surface area contributed by atoms with Crippen LogP contribution in [0.1, 0.15) is 24.2 Å². The van der Waals surface area contributed by atoms with Gasteiger partial charge in [0.2, 0.25) is 0 Å². The molecule has 1 N–H and O–H groups in total. The van der Waals surface area contributed by atoms with E-state index in [9.17, 15) is 19.3 Å². The number of halogens is 1. The SMILES string of the molecule is CC(C)CSc1cc(C(=O)O)c([N+](=O)[O-])cc1F. The Labute approximate surface area is 107 Å². The van der Waals surface area contributed by atoms with E-state index in [1.165, 1.54) is 0 Å². The molecule has 0 heterocycles. The molecule has 0 aliphatic rings. The second-order valence-corrected chi connectivity index (χ2v) is 5.13. The van der Waals surface area contributed by atoms with Gasteiger partial charge in [-0.1, -0.05) is 13.8 Å². The van der Waals surface area contributed by atoms with Crippen LogP contribution in [0.4, 0.5) is 10.1 Å². The summed E-state index contributed by atoms with van der Waals surface area (Å²) in [5.74, 6) is -1.29. The molecule has 0 unspecified atom stereocenters. The van der Waals surface area contributed by atoms with Gasteiger partial charge in [0.15, 0.2) is 0 Å². The van der Waals surface area contributed by atoms with Gasteiger partial charge in [0.05, 0.1) is 11.0 Å². The third-order valence-corrected chi connectivity index (χ3v) is 3.51. The van der Waals surface area contributed by atoms with Crippen molar-refractivity contribution in [3.05, 3.63) is 33.6 Å². The maximum Gasteiger partial charge on any atom is 0.342 e. The molecule has 0 saturated heterocycles. The molecule has 0 radical (unpaired) electrons. The lowest BCUT2D eigenvalue weighted by Crippen LogP contribution is -2.04. The molecule has 5 nitrogen and oxygen atoms in total. The van der Waals surface area contributed by atoms with Gasteiger partial charge >= 0.3 is 5.97 Å². The third kappa shape index (κ3) is 3.43. The minimum absolute atomic E-state index is 0.117. The average molecular weight is 273 g/mol. The summed E-state index contributed by atoms with van der Waals surface area (Å²) in [5.41, 5.74) is -1.22. The molecule has 0 bridgehead atoms. The monoisotopic (exact) mass is 273 g/mol. The molecular formula is C11H12FNO4S. The van der Waals surface area contributed by atoms with Gasteiger partial charge in [0.25, 0.3) is 5.69 Å². The lowest BCUT2D eigenvalue weighted by molar-refractivity contribution is -0.385. The summed E-state index contributed by atoms with van der Waals surface area (Å²) in [6.07, 6.45) is 0. The van der Waals surface area contributed by atoms with E-state index in [0.29, 0.717) is 17.7 Å². The molecule has 18 heavy (non-hydrogen) atoms. The lowest BCUT2D eigenvalue weighted by atomic mass is 10.2. The van der Waals surface area contributed by atoms with E-state index in [0.717, 1.165) is 17.8 Å². The number of nitro benzene ring substituents is 1. The summed E-state index contributed by atoms with van der Waals surface area (Å²) in [6.45, 7) is 3.88. The van der Waals surface area contributed by atoms with Crippen LogP contribution in [0.2, 0.25) is 0 Å². The molecule has 0 saturated carbocycles. The molecule has 0 fully saturated rings. The highest BCUT2D eigenvalue weighted by Crippen LogP contribution is 2.30. The zero-order valence-corrected chi connectivity index (χ0v) is 10.7. The van der Waals surface area contributed by atoms with Crippen molar-refractivity contribution in [2.45, 2.75) is 18.7 Å². The van der Waals surface area contributed by atoms with Crippen LogP contribution in [-0.4, -0.2) is 21.8 Å². The van der Waals surface area contributed by atoms with Crippen molar-refractivity contribution in [2.24, 2.45) is 5.92 Å². The van der Waals surface area contributed by atoms with Crippen LogP contribution < -0.4 is 0 Å².